The van der Waals surface area contributed by atoms with Gasteiger partial charge >= 0.3 is 0 Å². The third-order valence-corrected chi connectivity index (χ3v) is 1.95. The number of halogens is 3. The Hall–Kier alpha value is -1.27. The van der Waals surface area contributed by atoms with Gasteiger partial charge in [-0.2, -0.15) is 0 Å². The summed E-state index contributed by atoms with van der Waals surface area (Å²) in [4.78, 5) is 0. The van der Waals surface area contributed by atoms with Crippen molar-refractivity contribution >= 4 is 17.3 Å². The Morgan fingerprint density at radius 2 is 2.21 bits per heavy atom. The largest absolute Gasteiger partial charge is 0.373 e. The standard InChI is InChI=1S/C10H8ClF2N/c1-2-5-14-9-6-7(10(12)13)3-4-8(9)11/h1,3-4,6,10,14H,5H2. The SMILES string of the molecule is C#CCNc1cc(C(F)F)ccc1Cl. The maximum Gasteiger partial charge on any atom is 0.263 e. The molecule has 1 nitrogen and oxygen atoms in total. The second kappa shape index (κ2) is 4.83. The Morgan fingerprint density at radius 3 is 2.79 bits per heavy atom. The lowest BCUT2D eigenvalue weighted by atomic mass is 10.2. The number of anilines is 1. The molecule has 0 aliphatic heterocycles. The maximum absolute atomic E-state index is 12.3. The summed E-state index contributed by atoms with van der Waals surface area (Å²) in [7, 11) is 0. The van der Waals surface area contributed by atoms with E-state index in [0.29, 0.717) is 10.7 Å². The van der Waals surface area contributed by atoms with Crippen LogP contribution in [-0.2, 0) is 0 Å². The Kier molecular flexibility index (Phi) is 3.73. The highest BCUT2D eigenvalue weighted by atomic mass is 35.5. The van der Waals surface area contributed by atoms with Crippen LogP contribution < -0.4 is 5.32 Å². The van der Waals surface area contributed by atoms with Crippen molar-refractivity contribution in [2.75, 3.05) is 11.9 Å². The normalized spacial score (nSPS) is 9.93. The van der Waals surface area contributed by atoms with E-state index in [1.54, 1.807) is 0 Å². The van der Waals surface area contributed by atoms with Gasteiger partial charge in [-0.15, -0.1) is 6.42 Å². The first-order chi connectivity index (χ1) is 6.65. The van der Waals surface area contributed by atoms with E-state index >= 15 is 0 Å². The molecule has 74 valence electrons. The van der Waals surface area contributed by atoms with Crippen LogP contribution in [0, 0.1) is 12.3 Å². The minimum Gasteiger partial charge on any atom is -0.373 e. The van der Waals surface area contributed by atoms with Crippen LogP contribution in [-0.4, -0.2) is 6.54 Å². The van der Waals surface area contributed by atoms with Gasteiger partial charge in [0, 0.05) is 5.56 Å². The van der Waals surface area contributed by atoms with E-state index in [4.69, 9.17) is 18.0 Å². The molecule has 0 amide bonds. The van der Waals surface area contributed by atoms with E-state index in [-0.39, 0.29) is 12.1 Å². The molecular weight excluding hydrogens is 208 g/mol. The van der Waals surface area contributed by atoms with Crippen LogP contribution in [0.5, 0.6) is 0 Å². The van der Waals surface area contributed by atoms with Crippen molar-refractivity contribution in [1.29, 1.82) is 0 Å². The van der Waals surface area contributed by atoms with Crippen molar-refractivity contribution in [3.8, 4) is 12.3 Å². The van der Waals surface area contributed by atoms with E-state index in [1.165, 1.54) is 18.2 Å². The zero-order valence-electron chi connectivity index (χ0n) is 7.23. The Balaban J connectivity index is 2.91. The predicted octanol–water partition coefficient (Wildman–Crippen LogP) is 3.32. The number of nitrogens with one attached hydrogen (secondary N) is 1. The molecule has 0 saturated carbocycles. The Morgan fingerprint density at radius 1 is 1.50 bits per heavy atom. The summed E-state index contributed by atoms with van der Waals surface area (Å²) >= 11 is 5.76. The van der Waals surface area contributed by atoms with Crippen LogP contribution >= 0.6 is 11.6 Å². The smallest absolute Gasteiger partial charge is 0.263 e. The quantitative estimate of drug-likeness (QED) is 0.763. The number of benzene rings is 1. The summed E-state index contributed by atoms with van der Waals surface area (Å²) in [5.74, 6) is 2.33. The summed E-state index contributed by atoms with van der Waals surface area (Å²) in [6, 6.07) is 4.00. The second-order valence-corrected chi connectivity index (χ2v) is 3.00. The molecule has 1 rings (SSSR count). The molecule has 0 aliphatic rings. The summed E-state index contributed by atoms with van der Waals surface area (Å²) < 4.78 is 24.6. The predicted molar refractivity (Wildman–Crippen MR) is 53.7 cm³/mol. The summed E-state index contributed by atoms with van der Waals surface area (Å²) in [6.07, 6.45) is 2.52. The van der Waals surface area contributed by atoms with Gasteiger partial charge in [0.15, 0.2) is 0 Å². The molecule has 0 fully saturated rings. The van der Waals surface area contributed by atoms with E-state index < -0.39 is 6.43 Å². The van der Waals surface area contributed by atoms with Crippen molar-refractivity contribution < 1.29 is 8.78 Å². The summed E-state index contributed by atoms with van der Waals surface area (Å²) in [5, 5.41) is 3.14. The van der Waals surface area contributed by atoms with Gasteiger partial charge in [0.1, 0.15) is 0 Å². The fraction of sp³-hybridized carbons (Fsp3) is 0.200. The first-order valence-corrected chi connectivity index (χ1v) is 4.28. The van der Waals surface area contributed by atoms with Crippen LogP contribution in [0.25, 0.3) is 0 Å². The molecule has 0 aromatic heterocycles. The van der Waals surface area contributed by atoms with Crippen LogP contribution in [0.4, 0.5) is 14.5 Å². The van der Waals surface area contributed by atoms with Gasteiger partial charge in [-0.05, 0) is 12.1 Å². The molecule has 1 N–H and O–H groups in total. The first-order valence-electron chi connectivity index (χ1n) is 3.90. The van der Waals surface area contributed by atoms with E-state index in [1.807, 2.05) is 0 Å². The van der Waals surface area contributed by atoms with E-state index in [9.17, 15) is 8.78 Å². The monoisotopic (exact) mass is 215 g/mol. The van der Waals surface area contributed by atoms with Crippen molar-refractivity contribution in [2.24, 2.45) is 0 Å². The number of terminal acetylenes is 1. The van der Waals surface area contributed by atoms with Crippen molar-refractivity contribution in [3.63, 3.8) is 0 Å². The molecule has 0 atom stereocenters. The molecule has 4 heteroatoms. The lowest BCUT2D eigenvalue weighted by Gasteiger charge is -2.07. The van der Waals surface area contributed by atoms with Gasteiger partial charge in [-0.25, -0.2) is 8.78 Å². The minimum absolute atomic E-state index is 0.0751. The average molecular weight is 216 g/mol. The van der Waals surface area contributed by atoms with Crippen molar-refractivity contribution in [2.45, 2.75) is 6.43 Å². The fourth-order valence-electron chi connectivity index (χ4n) is 0.960. The van der Waals surface area contributed by atoms with Gasteiger partial charge < -0.3 is 5.32 Å². The molecule has 14 heavy (non-hydrogen) atoms. The van der Waals surface area contributed by atoms with Crippen LogP contribution in [0.2, 0.25) is 5.02 Å². The summed E-state index contributed by atoms with van der Waals surface area (Å²) in [6.45, 7) is 0.256. The molecule has 1 aromatic carbocycles. The van der Waals surface area contributed by atoms with Crippen LogP contribution in [0.15, 0.2) is 18.2 Å². The highest BCUT2D eigenvalue weighted by molar-refractivity contribution is 6.33. The zero-order valence-corrected chi connectivity index (χ0v) is 7.98. The van der Waals surface area contributed by atoms with Crippen LogP contribution in [0.3, 0.4) is 0 Å². The van der Waals surface area contributed by atoms with Gasteiger partial charge in [-0.3, -0.25) is 0 Å². The molecule has 0 heterocycles. The molecule has 0 aliphatic carbocycles. The van der Waals surface area contributed by atoms with Gasteiger partial charge in [0.2, 0.25) is 0 Å². The molecule has 0 bridgehead atoms. The molecule has 1 aromatic rings. The lowest BCUT2D eigenvalue weighted by molar-refractivity contribution is 0.151. The van der Waals surface area contributed by atoms with Crippen molar-refractivity contribution in [3.05, 3.63) is 28.8 Å². The number of hydrogen-bond donors (Lipinski definition) is 1. The highest BCUT2D eigenvalue weighted by Gasteiger charge is 2.09. The van der Waals surface area contributed by atoms with Gasteiger partial charge in [-0.1, -0.05) is 23.6 Å². The molecule has 0 radical (unpaired) electrons. The van der Waals surface area contributed by atoms with Gasteiger partial charge in [0.05, 0.1) is 17.3 Å². The van der Waals surface area contributed by atoms with Crippen molar-refractivity contribution in [1.82, 2.24) is 0 Å². The third kappa shape index (κ3) is 2.61. The molecule has 0 spiro atoms. The van der Waals surface area contributed by atoms with E-state index in [2.05, 4.69) is 11.2 Å². The highest BCUT2D eigenvalue weighted by Crippen LogP contribution is 2.27. The molecular formula is C10H8ClF2N. The van der Waals surface area contributed by atoms with Gasteiger partial charge in [0.25, 0.3) is 6.43 Å². The molecule has 0 saturated heterocycles. The Labute approximate surface area is 86.1 Å². The minimum atomic E-state index is -2.50. The lowest BCUT2D eigenvalue weighted by Crippen LogP contribution is -1.99. The maximum atomic E-state index is 12.3. The number of rotatable bonds is 3. The first kappa shape index (κ1) is 10.8. The fourth-order valence-corrected chi connectivity index (χ4v) is 1.14. The molecule has 0 unspecified atom stereocenters. The van der Waals surface area contributed by atoms with Crippen LogP contribution in [0.1, 0.15) is 12.0 Å². The second-order valence-electron chi connectivity index (χ2n) is 2.60. The topological polar surface area (TPSA) is 12.0 Å². The number of hydrogen-bond acceptors (Lipinski definition) is 1. The average Bonchev–Trinajstić information content (AvgIpc) is 2.16. The zero-order chi connectivity index (χ0) is 10.6. The van der Waals surface area contributed by atoms with E-state index in [0.717, 1.165) is 0 Å². The summed E-state index contributed by atoms with van der Waals surface area (Å²) in [5.41, 5.74) is 0.358. The Bertz CT molecular complexity index is 358. The third-order valence-electron chi connectivity index (χ3n) is 1.62. The number of alkyl halides is 2.